The molecule has 3 nitrogen and oxygen atoms in total. The van der Waals surface area contributed by atoms with Crippen molar-refractivity contribution in [2.75, 3.05) is 13.1 Å². The van der Waals surface area contributed by atoms with E-state index in [1.807, 2.05) is 6.92 Å². The van der Waals surface area contributed by atoms with Crippen LogP contribution in [-0.4, -0.2) is 19.0 Å². The molecule has 0 aliphatic heterocycles. The molecule has 0 spiro atoms. The fraction of sp³-hybridized carbons (Fsp3) is 0.933. The second kappa shape index (κ2) is 8.52. The molecule has 1 rings (SSSR count). The predicted molar refractivity (Wildman–Crippen MR) is 76.2 cm³/mol. The van der Waals surface area contributed by atoms with E-state index in [9.17, 15) is 4.79 Å². The number of nitrogens with two attached hydrogens (primary N) is 1. The van der Waals surface area contributed by atoms with E-state index in [0.717, 1.165) is 25.3 Å². The van der Waals surface area contributed by atoms with Gasteiger partial charge in [-0.15, -0.1) is 0 Å². The van der Waals surface area contributed by atoms with E-state index in [-0.39, 0.29) is 11.8 Å². The van der Waals surface area contributed by atoms with Crippen LogP contribution in [-0.2, 0) is 4.79 Å². The van der Waals surface area contributed by atoms with Crippen LogP contribution in [0.1, 0.15) is 58.8 Å². The fourth-order valence-corrected chi connectivity index (χ4v) is 2.82. The molecule has 1 aliphatic carbocycles. The Hall–Kier alpha value is -0.570. The van der Waals surface area contributed by atoms with Gasteiger partial charge in [-0.1, -0.05) is 33.1 Å². The monoisotopic (exact) mass is 254 g/mol. The molecule has 1 aliphatic rings. The maximum absolute atomic E-state index is 11.9. The van der Waals surface area contributed by atoms with Crippen LogP contribution >= 0.6 is 0 Å². The number of hydrogen-bond donors (Lipinski definition) is 2. The maximum Gasteiger partial charge on any atom is 0.222 e. The van der Waals surface area contributed by atoms with Crippen LogP contribution in [0.4, 0.5) is 0 Å². The largest absolute Gasteiger partial charge is 0.356 e. The lowest BCUT2D eigenvalue weighted by atomic mass is 9.81. The van der Waals surface area contributed by atoms with Gasteiger partial charge in [0, 0.05) is 12.5 Å². The lowest BCUT2D eigenvalue weighted by Gasteiger charge is -2.28. The minimum atomic E-state index is 0.112. The maximum atomic E-state index is 11.9. The molecule has 0 aromatic carbocycles. The molecule has 0 aromatic heterocycles. The summed E-state index contributed by atoms with van der Waals surface area (Å²) in [5.74, 6) is 1.96. The average Bonchev–Trinajstić information content (AvgIpc) is 2.42. The standard InChI is InChI=1S/C15H30N2O/c1-3-13-6-8-14(9-7-13)11-17-15(18)12(2)5-4-10-16/h12-14H,3-11,16H2,1-2H3,(H,17,18). The molecule has 1 atom stereocenters. The number of hydrogen-bond acceptors (Lipinski definition) is 2. The minimum absolute atomic E-state index is 0.112. The number of amides is 1. The highest BCUT2D eigenvalue weighted by molar-refractivity contribution is 5.78. The van der Waals surface area contributed by atoms with Gasteiger partial charge in [-0.25, -0.2) is 0 Å². The predicted octanol–water partition coefficient (Wildman–Crippen LogP) is 2.69. The second-order valence-electron chi connectivity index (χ2n) is 5.87. The fourth-order valence-electron chi connectivity index (χ4n) is 2.82. The van der Waals surface area contributed by atoms with E-state index < -0.39 is 0 Å². The van der Waals surface area contributed by atoms with Gasteiger partial charge in [-0.2, -0.15) is 0 Å². The highest BCUT2D eigenvalue weighted by Crippen LogP contribution is 2.30. The van der Waals surface area contributed by atoms with Crippen molar-refractivity contribution in [3.05, 3.63) is 0 Å². The summed E-state index contributed by atoms with van der Waals surface area (Å²) in [7, 11) is 0. The molecular weight excluding hydrogens is 224 g/mol. The molecule has 0 radical (unpaired) electrons. The van der Waals surface area contributed by atoms with Crippen LogP contribution in [0.3, 0.4) is 0 Å². The summed E-state index contributed by atoms with van der Waals surface area (Å²) in [4.78, 5) is 11.9. The molecule has 0 aromatic rings. The number of carbonyl (C=O) groups excluding carboxylic acids is 1. The Bertz CT molecular complexity index is 235. The van der Waals surface area contributed by atoms with Crippen molar-refractivity contribution < 1.29 is 4.79 Å². The molecule has 0 heterocycles. The number of rotatable bonds is 7. The third-order valence-corrected chi connectivity index (χ3v) is 4.40. The van der Waals surface area contributed by atoms with Gasteiger partial charge in [0.2, 0.25) is 5.91 Å². The van der Waals surface area contributed by atoms with Gasteiger partial charge in [-0.05, 0) is 44.1 Å². The van der Waals surface area contributed by atoms with Gasteiger partial charge in [0.25, 0.3) is 0 Å². The average molecular weight is 254 g/mol. The zero-order chi connectivity index (χ0) is 13.4. The first-order valence-electron chi connectivity index (χ1n) is 7.65. The zero-order valence-electron chi connectivity index (χ0n) is 12.1. The summed E-state index contributed by atoms with van der Waals surface area (Å²) in [5.41, 5.74) is 5.46. The number of carbonyl (C=O) groups is 1. The third kappa shape index (κ3) is 5.38. The van der Waals surface area contributed by atoms with Crippen molar-refractivity contribution in [1.29, 1.82) is 0 Å². The molecule has 3 heteroatoms. The van der Waals surface area contributed by atoms with Crippen LogP contribution in [0.25, 0.3) is 0 Å². The highest BCUT2D eigenvalue weighted by Gasteiger charge is 2.21. The Morgan fingerprint density at radius 3 is 2.44 bits per heavy atom. The van der Waals surface area contributed by atoms with Crippen LogP contribution in [0.5, 0.6) is 0 Å². The lowest BCUT2D eigenvalue weighted by molar-refractivity contribution is -0.124. The summed E-state index contributed by atoms with van der Waals surface area (Å²) < 4.78 is 0. The Morgan fingerprint density at radius 1 is 1.28 bits per heavy atom. The van der Waals surface area contributed by atoms with Crippen molar-refractivity contribution in [2.45, 2.75) is 58.8 Å². The van der Waals surface area contributed by atoms with E-state index in [1.54, 1.807) is 0 Å². The summed E-state index contributed by atoms with van der Waals surface area (Å²) in [6.07, 6.45) is 8.43. The Labute approximate surface area is 112 Å². The molecule has 0 saturated heterocycles. The summed E-state index contributed by atoms with van der Waals surface area (Å²) in [6.45, 7) is 5.84. The second-order valence-corrected chi connectivity index (χ2v) is 5.87. The molecule has 3 N–H and O–H groups in total. The molecule has 0 bridgehead atoms. The van der Waals surface area contributed by atoms with E-state index >= 15 is 0 Å². The minimum Gasteiger partial charge on any atom is -0.356 e. The number of nitrogens with one attached hydrogen (secondary N) is 1. The Balaban J connectivity index is 2.15. The third-order valence-electron chi connectivity index (χ3n) is 4.40. The first kappa shape index (κ1) is 15.5. The molecule has 18 heavy (non-hydrogen) atoms. The van der Waals surface area contributed by atoms with E-state index in [4.69, 9.17) is 5.73 Å². The lowest BCUT2D eigenvalue weighted by Crippen LogP contribution is -2.34. The Kier molecular flexibility index (Phi) is 7.33. The van der Waals surface area contributed by atoms with Gasteiger partial charge in [-0.3, -0.25) is 4.79 Å². The van der Waals surface area contributed by atoms with Gasteiger partial charge in [0.05, 0.1) is 0 Å². The van der Waals surface area contributed by atoms with Gasteiger partial charge < -0.3 is 11.1 Å². The van der Waals surface area contributed by atoms with E-state index in [2.05, 4.69) is 12.2 Å². The quantitative estimate of drug-likeness (QED) is 0.734. The zero-order valence-corrected chi connectivity index (χ0v) is 12.1. The smallest absolute Gasteiger partial charge is 0.222 e. The molecular formula is C15H30N2O. The molecule has 1 saturated carbocycles. The van der Waals surface area contributed by atoms with Gasteiger partial charge >= 0.3 is 0 Å². The summed E-state index contributed by atoms with van der Waals surface area (Å²) >= 11 is 0. The van der Waals surface area contributed by atoms with Gasteiger partial charge in [0.15, 0.2) is 0 Å². The molecule has 1 unspecified atom stereocenters. The highest BCUT2D eigenvalue weighted by atomic mass is 16.1. The molecule has 1 fully saturated rings. The molecule has 1 amide bonds. The van der Waals surface area contributed by atoms with E-state index in [0.29, 0.717) is 12.5 Å². The normalized spacial score (nSPS) is 25.7. The first-order valence-corrected chi connectivity index (χ1v) is 7.65. The van der Waals surface area contributed by atoms with Crippen LogP contribution < -0.4 is 11.1 Å². The summed E-state index contributed by atoms with van der Waals surface area (Å²) in [6, 6.07) is 0. The molecule has 106 valence electrons. The van der Waals surface area contributed by atoms with Crippen LogP contribution in [0, 0.1) is 17.8 Å². The SMILES string of the molecule is CCC1CCC(CNC(=O)C(C)CCCN)CC1. The van der Waals surface area contributed by atoms with Crippen molar-refractivity contribution in [1.82, 2.24) is 5.32 Å². The van der Waals surface area contributed by atoms with Crippen LogP contribution in [0.15, 0.2) is 0 Å². The summed E-state index contributed by atoms with van der Waals surface area (Å²) in [5, 5.41) is 3.11. The van der Waals surface area contributed by atoms with Crippen molar-refractivity contribution in [3.63, 3.8) is 0 Å². The Morgan fingerprint density at radius 2 is 1.89 bits per heavy atom. The van der Waals surface area contributed by atoms with E-state index in [1.165, 1.54) is 32.1 Å². The van der Waals surface area contributed by atoms with Crippen molar-refractivity contribution >= 4 is 5.91 Å². The van der Waals surface area contributed by atoms with Crippen molar-refractivity contribution in [3.8, 4) is 0 Å². The van der Waals surface area contributed by atoms with Gasteiger partial charge in [0.1, 0.15) is 0 Å². The topological polar surface area (TPSA) is 55.1 Å². The van der Waals surface area contributed by atoms with Crippen LogP contribution in [0.2, 0.25) is 0 Å². The first-order chi connectivity index (χ1) is 8.67. The van der Waals surface area contributed by atoms with Crippen molar-refractivity contribution in [2.24, 2.45) is 23.5 Å².